The van der Waals surface area contributed by atoms with E-state index in [1.165, 1.54) is 4.90 Å². The summed E-state index contributed by atoms with van der Waals surface area (Å²) in [5, 5.41) is 16.9. The molecule has 24 heavy (non-hydrogen) atoms. The van der Waals surface area contributed by atoms with E-state index in [0.717, 1.165) is 18.8 Å². The first-order valence-corrected chi connectivity index (χ1v) is 9.07. The largest absolute Gasteiger partial charge is 0.466 e. The Morgan fingerprint density at radius 3 is 2.67 bits per heavy atom. The molecule has 5 nitrogen and oxygen atoms in total. The molecule has 0 aliphatic rings. The molecule has 0 amide bonds. The van der Waals surface area contributed by atoms with Crippen molar-refractivity contribution in [3.8, 4) is 0 Å². The maximum atomic E-state index is 10.5. The number of nitrogens with one attached hydrogen (secondary N) is 2. The van der Waals surface area contributed by atoms with Crippen molar-refractivity contribution in [2.24, 2.45) is 4.99 Å². The van der Waals surface area contributed by atoms with Crippen LogP contribution in [0.4, 0.5) is 0 Å². The van der Waals surface area contributed by atoms with Gasteiger partial charge in [-0.1, -0.05) is 18.2 Å². The number of aliphatic hydroxyl groups is 1. The van der Waals surface area contributed by atoms with Crippen molar-refractivity contribution in [3.05, 3.63) is 54.5 Å². The fraction of sp³-hybridized carbons (Fsp3) is 0.389. The van der Waals surface area contributed by atoms with Gasteiger partial charge in [0.05, 0.1) is 12.8 Å². The van der Waals surface area contributed by atoms with Crippen LogP contribution in [-0.2, 0) is 5.60 Å². The Bertz CT molecular complexity index is 612. The molecule has 0 radical (unpaired) electrons. The molecule has 3 N–H and O–H groups in total. The predicted molar refractivity (Wildman–Crippen MR) is 99.4 cm³/mol. The van der Waals surface area contributed by atoms with Crippen LogP contribution in [0.1, 0.15) is 19.6 Å². The van der Waals surface area contributed by atoms with Crippen molar-refractivity contribution in [2.75, 3.05) is 25.4 Å². The van der Waals surface area contributed by atoms with Crippen molar-refractivity contribution in [3.63, 3.8) is 0 Å². The van der Waals surface area contributed by atoms with Crippen LogP contribution in [-0.4, -0.2) is 36.5 Å². The Kier molecular flexibility index (Phi) is 7.21. The summed E-state index contributed by atoms with van der Waals surface area (Å²) >= 11 is 1.79. The monoisotopic (exact) mass is 347 g/mol. The van der Waals surface area contributed by atoms with E-state index in [1.807, 2.05) is 25.1 Å². The first-order valence-electron chi connectivity index (χ1n) is 8.08. The Hall–Kier alpha value is -1.92. The topological polar surface area (TPSA) is 69.8 Å². The van der Waals surface area contributed by atoms with Gasteiger partial charge in [0.1, 0.15) is 11.4 Å². The summed E-state index contributed by atoms with van der Waals surface area (Å²) in [6, 6.07) is 13.8. The van der Waals surface area contributed by atoms with Crippen LogP contribution >= 0.6 is 11.8 Å². The van der Waals surface area contributed by atoms with Gasteiger partial charge in [0.2, 0.25) is 0 Å². The molecule has 0 saturated carbocycles. The van der Waals surface area contributed by atoms with Gasteiger partial charge < -0.3 is 20.2 Å². The lowest BCUT2D eigenvalue weighted by Gasteiger charge is -2.19. The fourth-order valence-electron chi connectivity index (χ4n) is 2.09. The number of guanidine groups is 1. The normalized spacial score (nSPS) is 14.2. The van der Waals surface area contributed by atoms with E-state index in [9.17, 15) is 5.11 Å². The SMILES string of the molecule is CCNC(=NCC(C)(O)c1ccco1)NCCSc1ccccc1. The third-order valence-corrected chi connectivity index (χ3v) is 4.36. The smallest absolute Gasteiger partial charge is 0.191 e. The second kappa shape index (κ2) is 9.39. The number of benzene rings is 1. The fourth-order valence-corrected chi connectivity index (χ4v) is 2.88. The number of rotatable bonds is 8. The molecule has 0 saturated heterocycles. The molecule has 0 fully saturated rings. The Balaban J connectivity index is 1.82. The molecule has 0 spiro atoms. The zero-order chi connectivity index (χ0) is 17.3. The van der Waals surface area contributed by atoms with Crippen LogP contribution in [0.25, 0.3) is 0 Å². The molecule has 1 atom stereocenters. The van der Waals surface area contributed by atoms with Crippen molar-refractivity contribution in [1.29, 1.82) is 0 Å². The number of aliphatic imine (C=N–C) groups is 1. The maximum Gasteiger partial charge on any atom is 0.191 e. The highest BCUT2D eigenvalue weighted by Gasteiger charge is 2.25. The van der Waals surface area contributed by atoms with E-state index in [-0.39, 0.29) is 6.54 Å². The Morgan fingerprint density at radius 2 is 2.00 bits per heavy atom. The summed E-state index contributed by atoms with van der Waals surface area (Å²) in [6.07, 6.45) is 1.55. The highest BCUT2D eigenvalue weighted by Crippen LogP contribution is 2.21. The molecule has 2 aromatic rings. The molecule has 1 aromatic carbocycles. The van der Waals surface area contributed by atoms with Crippen molar-refractivity contribution in [2.45, 2.75) is 24.3 Å². The average Bonchev–Trinajstić information content (AvgIpc) is 3.13. The number of hydrogen-bond acceptors (Lipinski definition) is 4. The molecule has 6 heteroatoms. The number of thioether (sulfide) groups is 1. The summed E-state index contributed by atoms with van der Waals surface area (Å²) in [5.74, 6) is 2.14. The van der Waals surface area contributed by atoms with E-state index in [1.54, 1.807) is 37.1 Å². The molecule has 0 bridgehead atoms. The third kappa shape index (κ3) is 5.94. The van der Waals surface area contributed by atoms with E-state index < -0.39 is 5.60 Å². The molecule has 1 unspecified atom stereocenters. The zero-order valence-electron chi connectivity index (χ0n) is 14.2. The van der Waals surface area contributed by atoms with Gasteiger partial charge in [-0.2, -0.15) is 0 Å². The number of nitrogens with zero attached hydrogens (tertiary/aromatic N) is 1. The number of hydrogen-bond donors (Lipinski definition) is 3. The van der Waals surface area contributed by atoms with E-state index in [2.05, 4.69) is 27.8 Å². The summed E-state index contributed by atoms with van der Waals surface area (Å²) in [6.45, 7) is 5.49. The highest BCUT2D eigenvalue weighted by atomic mass is 32.2. The third-order valence-electron chi connectivity index (χ3n) is 3.35. The summed E-state index contributed by atoms with van der Waals surface area (Å²) in [7, 11) is 0. The quantitative estimate of drug-likeness (QED) is 0.296. The van der Waals surface area contributed by atoms with Crippen LogP contribution in [0.2, 0.25) is 0 Å². The molecular weight excluding hydrogens is 322 g/mol. The maximum absolute atomic E-state index is 10.5. The highest BCUT2D eigenvalue weighted by molar-refractivity contribution is 7.99. The minimum absolute atomic E-state index is 0.224. The predicted octanol–water partition coefficient (Wildman–Crippen LogP) is 2.83. The van der Waals surface area contributed by atoms with Gasteiger partial charge in [-0.05, 0) is 38.1 Å². The number of furan rings is 1. The van der Waals surface area contributed by atoms with Gasteiger partial charge in [0, 0.05) is 23.7 Å². The van der Waals surface area contributed by atoms with Gasteiger partial charge in [-0.15, -0.1) is 11.8 Å². The lowest BCUT2D eigenvalue weighted by molar-refractivity contribution is 0.0437. The molecule has 0 aliphatic carbocycles. The van der Waals surface area contributed by atoms with E-state index in [4.69, 9.17) is 4.42 Å². The Labute approximate surface area is 147 Å². The van der Waals surface area contributed by atoms with E-state index >= 15 is 0 Å². The van der Waals surface area contributed by atoms with Crippen LogP contribution in [0, 0.1) is 0 Å². The second-order valence-corrected chi connectivity index (χ2v) is 6.70. The summed E-state index contributed by atoms with van der Waals surface area (Å²) in [4.78, 5) is 5.71. The molecule has 0 aliphatic heterocycles. The lowest BCUT2D eigenvalue weighted by Crippen LogP contribution is -2.39. The average molecular weight is 347 g/mol. The van der Waals surface area contributed by atoms with Crippen molar-refractivity contribution in [1.82, 2.24) is 10.6 Å². The molecule has 130 valence electrons. The minimum Gasteiger partial charge on any atom is -0.466 e. The molecule has 1 aromatic heterocycles. The van der Waals surface area contributed by atoms with Crippen LogP contribution in [0.5, 0.6) is 0 Å². The summed E-state index contributed by atoms with van der Waals surface area (Å²) < 4.78 is 5.27. The summed E-state index contributed by atoms with van der Waals surface area (Å²) in [5.41, 5.74) is -1.12. The van der Waals surface area contributed by atoms with Gasteiger partial charge in [0.25, 0.3) is 0 Å². The minimum atomic E-state index is -1.12. The Morgan fingerprint density at radius 1 is 1.21 bits per heavy atom. The zero-order valence-corrected chi connectivity index (χ0v) is 15.0. The van der Waals surface area contributed by atoms with Crippen LogP contribution in [0.15, 0.2) is 63.0 Å². The van der Waals surface area contributed by atoms with Crippen LogP contribution in [0.3, 0.4) is 0 Å². The van der Waals surface area contributed by atoms with Crippen molar-refractivity contribution >= 4 is 17.7 Å². The molecular formula is C18H25N3O2S. The van der Waals surface area contributed by atoms with Gasteiger partial charge in [-0.3, -0.25) is 0 Å². The first-order chi connectivity index (χ1) is 11.6. The second-order valence-electron chi connectivity index (χ2n) is 5.53. The van der Waals surface area contributed by atoms with Gasteiger partial charge >= 0.3 is 0 Å². The van der Waals surface area contributed by atoms with Gasteiger partial charge in [-0.25, -0.2) is 4.99 Å². The van der Waals surface area contributed by atoms with Gasteiger partial charge in [0.15, 0.2) is 5.96 Å². The molecule has 1 heterocycles. The lowest BCUT2D eigenvalue weighted by atomic mass is 10.0. The molecule has 2 rings (SSSR count). The van der Waals surface area contributed by atoms with Crippen molar-refractivity contribution < 1.29 is 9.52 Å². The standard InChI is InChI=1S/C18H25N3O2S/c1-3-19-17(20-11-13-24-15-8-5-4-6-9-15)21-14-18(2,22)16-10-7-12-23-16/h4-10,12,22H,3,11,13-14H2,1-2H3,(H2,19,20,21). The first kappa shape index (κ1) is 18.4. The van der Waals surface area contributed by atoms with Crippen LogP contribution < -0.4 is 10.6 Å². The van der Waals surface area contributed by atoms with E-state index in [0.29, 0.717) is 11.7 Å².